The van der Waals surface area contributed by atoms with Gasteiger partial charge < -0.3 is 0 Å². The average molecular weight is 149 g/mol. The zero-order chi connectivity index (χ0) is 8.10. The number of nitrogens with zero attached hydrogens (tertiary/aromatic N) is 1. The van der Waals surface area contributed by atoms with Crippen molar-refractivity contribution in [3.05, 3.63) is 30.1 Å². The number of rotatable bonds is 3. The SMILES string of the molecule is CCCC(C)c1ccccn1. The highest BCUT2D eigenvalue weighted by Gasteiger charge is 2.02. The molecule has 1 unspecified atom stereocenters. The van der Waals surface area contributed by atoms with Crippen molar-refractivity contribution in [1.82, 2.24) is 4.98 Å². The predicted octanol–water partition coefficient (Wildman–Crippen LogP) is 2.99. The molecule has 60 valence electrons. The number of hydrogen-bond donors (Lipinski definition) is 0. The van der Waals surface area contributed by atoms with E-state index in [0.717, 1.165) is 0 Å². The van der Waals surface area contributed by atoms with Crippen LogP contribution in [0, 0.1) is 0 Å². The summed E-state index contributed by atoms with van der Waals surface area (Å²) in [6, 6.07) is 6.11. The quantitative estimate of drug-likeness (QED) is 0.643. The Balaban J connectivity index is 2.61. The molecule has 0 radical (unpaired) electrons. The molecule has 0 bridgehead atoms. The third kappa shape index (κ3) is 2.34. The zero-order valence-electron chi connectivity index (χ0n) is 7.25. The summed E-state index contributed by atoms with van der Waals surface area (Å²) < 4.78 is 0. The monoisotopic (exact) mass is 149 g/mol. The van der Waals surface area contributed by atoms with Crippen molar-refractivity contribution in [2.75, 3.05) is 0 Å². The first-order valence-electron chi connectivity index (χ1n) is 4.25. The molecule has 0 amide bonds. The minimum atomic E-state index is 0.612. The maximum Gasteiger partial charge on any atom is 0.0431 e. The minimum Gasteiger partial charge on any atom is -0.261 e. The minimum absolute atomic E-state index is 0.612. The predicted molar refractivity (Wildman–Crippen MR) is 47.6 cm³/mol. The Hall–Kier alpha value is -0.850. The van der Waals surface area contributed by atoms with Crippen LogP contribution in [-0.4, -0.2) is 4.98 Å². The van der Waals surface area contributed by atoms with Crippen LogP contribution in [0.5, 0.6) is 0 Å². The third-order valence-corrected chi connectivity index (χ3v) is 1.91. The fourth-order valence-electron chi connectivity index (χ4n) is 1.25. The van der Waals surface area contributed by atoms with Crippen molar-refractivity contribution < 1.29 is 0 Å². The molecule has 1 nitrogen and oxygen atoms in total. The van der Waals surface area contributed by atoms with Gasteiger partial charge in [-0.3, -0.25) is 4.98 Å². The molecule has 0 saturated heterocycles. The molecule has 1 aromatic rings. The first-order chi connectivity index (χ1) is 5.34. The van der Waals surface area contributed by atoms with E-state index in [1.807, 2.05) is 12.3 Å². The van der Waals surface area contributed by atoms with E-state index in [0.29, 0.717) is 5.92 Å². The topological polar surface area (TPSA) is 12.9 Å². The van der Waals surface area contributed by atoms with E-state index >= 15 is 0 Å². The van der Waals surface area contributed by atoms with Crippen molar-refractivity contribution in [3.8, 4) is 0 Å². The highest BCUT2D eigenvalue weighted by atomic mass is 14.7. The summed E-state index contributed by atoms with van der Waals surface area (Å²) in [6.45, 7) is 4.44. The molecule has 1 heterocycles. The average Bonchev–Trinajstić information content (AvgIpc) is 2.07. The lowest BCUT2D eigenvalue weighted by Gasteiger charge is -2.07. The largest absolute Gasteiger partial charge is 0.261 e. The molecule has 0 fully saturated rings. The van der Waals surface area contributed by atoms with Gasteiger partial charge in [-0.05, 0) is 24.5 Å². The van der Waals surface area contributed by atoms with E-state index in [2.05, 4.69) is 31.0 Å². The van der Waals surface area contributed by atoms with Gasteiger partial charge in [-0.2, -0.15) is 0 Å². The Morgan fingerprint density at radius 3 is 2.82 bits per heavy atom. The van der Waals surface area contributed by atoms with Gasteiger partial charge in [0.05, 0.1) is 0 Å². The van der Waals surface area contributed by atoms with Crippen LogP contribution in [0.3, 0.4) is 0 Å². The van der Waals surface area contributed by atoms with Crippen LogP contribution in [0.15, 0.2) is 24.4 Å². The summed E-state index contributed by atoms with van der Waals surface area (Å²) in [7, 11) is 0. The van der Waals surface area contributed by atoms with Crippen molar-refractivity contribution in [3.63, 3.8) is 0 Å². The molecule has 0 aliphatic rings. The second-order valence-electron chi connectivity index (χ2n) is 2.94. The number of pyridine rings is 1. The Morgan fingerprint density at radius 1 is 1.45 bits per heavy atom. The smallest absolute Gasteiger partial charge is 0.0431 e. The van der Waals surface area contributed by atoms with Crippen LogP contribution in [0.4, 0.5) is 0 Å². The standard InChI is InChI=1S/C10H15N/c1-3-6-9(2)10-7-4-5-8-11-10/h4-5,7-9H,3,6H2,1-2H3. The molecule has 0 aromatic carbocycles. The third-order valence-electron chi connectivity index (χ3n) is 1.91. The Labute approximate surface area is 68.5 Å². The number of hydrogen-bond acceptors (Lipinski definition) is 1. The fraction of sp³-hybridized carbons (Fsp3) is 0.500. The van der Waals surface area contributed by atoms with E-state index in [1.54, 1.807) is 0 Å². The van der Waals surface area contributed by atoms with Gasteiger partial charge in [-0.15, -0.1) is 0 Å². The van der Waals surface area contributed by atoms with Crippen molar-refractivity contribution in [2.45, 2.75) is 32.6 Å². The maximum absolute atomic E-state index is 4.30. The zero-order valence-corrected chi connectivity index (χ0v) is 7.25. The first-order valence-corrected chi connectivity index (χ1v) is 4.25. The van der Waals surface area contributed by atoms with Gasteiger partial charge in [0.2, 0.25) is 0 Å². The van der Waals surface area contributed by atoms with Crippen molar-refractivity contribution in [1.29, 1.82) is 0 Å². The summed E-state index contributed by atoms with van der Waals surface area (Å²) in [5.74, 6) is 0.612. The number of aromatic nitrogens is 1. The molecule has 11 heavy (non-hydrogen) atoms. The molecular weight excluding hydrogens is 134 g/mol. The van der Waals surface area contributed by atoms with E-state index in [4.69, 9.17) is 0 Å². The van der Waals surface area contributed by atoms with Crippen LogP contribution in [-0.2, 0) is 0 Å². The molecular formula is C10H15N. The lowest BCUT2D eigenvalue weighted by atomic mass is 10.0. The van der Waals surface area contributed by atoms with Gasteiger partial charge in [0.1, 0.15) is 0 Å². The highest BCUT2D eigenvalue weighted by molar-refractivity contribution is 5.07. The first kappa shape index (κ1) is 8.25. The molecule has 0 N–H and O–H groups in total. The Bertz CT molecular complexity index is 193. The van der Waals surface area contributed by atoms with Crippen LogP contribution < -0.4 is 0 Å². The van der Waals surface area contributed by atoms with Gasteiger partial charge in [0, 0.05) is 11.9 Å². The second kappa shape index (κ2) is 4.12. The van der Waals surface area contributed by atoms with Crippen LogP contribution in [0.25, 0.3) is 0 Å². The van der Waals surface area contributed by atoms with Crippen molar-refractivity contribution >= 4 is 0 Å². The molecule has 1 rings (SSSR count). The Morgan fingerprint density at radius 2 is 2.27 bits per heavy atom. The van der Waals surface area contributed by atoms with Gasteiger partial charge in [-0.25, -0.2) is 0 Å². The van der Waals surface area contributed by atoms with Crippen LogP contribution in [0.1, 0.15) is 38.3 Å². The van der Waals surface area contributed by atoms with E-state index in [-0.39, 0.29) is 0 Å². The highest BCUT2D eigenvalue weighted by Crippen LogP contribution is 2.16. The molecule has 0 aliphatic carbocycles. The summed E-state index contributed by atoms with van der Waals surface area (Å²) in [4.78, 5) is 4.30. The molecule has 0 saturated carbocycles. The normalized spacial score (nSPS) is 12.9. The molecule has 0 spiro atoms. The van der Waals surface area contributed by atoms with Crippen molar-refractivity contribution in [2.24, 2.45) is 0 Å². The van der Waals surface area contributed by atoms with E-state index < -0.39 is 0 Å². The summed E-state index contributed by atoms with van der Waals surface area (Å²) >= 11 is 0. The summed E-state index contributed by atoms with van der Waals surface area (Å²) in [6.07, 6.45) is 4.33. The Kier molecular flexibility index (Phi) is 3.09. The van der Waals surface area contributed by atoms with Gasteiger partial charge in [-0.1, -0.05) is 26.3 Å². The molecule has 1 atom stereocenters. The van der Waals surface area contributed by atoms with E-state index in [1.165, 1.54) is 18.5 Å². The lowest BCUT2D eigenvalue weighted by molar-refractivity contribution is 0.647. The van der Waals surface area contributed by atoms with E-state index in [9.17, 15) is 0 Å². The van der Waals surface area contributed by atoms with Crippen LogP contribution >= 0.6 is 0 Å². The van der Waals surface area contributed by atoms with Gasteiger partial charge in [0.15, 0.2) is 0 Å². The van der Waals surface area contributed by atoms with Crippen LogP contribution in [0.2, 0.25) is 0 Å². The summed E-state index contributed by atoms with van der Waals surface area (Å²) in [5.41, 5.74) is 1.22. The fourth-order valence-corrected chi connectivity index (χ4v) is 1.25. The second-order valence-corrected chi connectivity index (χ2v) is 2.94. The van der Waals surface area contributed by atoms with Gasteiger partial charge >= 0.3 is 0 Å². The maximum atomic E-state index is 4.30. The summed E-state index contributed by atoms with van der Waals surface area (Å²) in [5, 5.41) is 0. The van der Waals surface area contributed by atoms with Gasteiger partial charge in [0.25, 0.3) is 0 Å². The lowest BCUT2D eigenvalue weighted by Crippen LogP contribution is -1.94. The molecule has 0 aliphatic heterocycles. The molecule has 1 aromatic heterocycles. The molecule has 1 heteroatoms.